The first kappa shape index (κ1) is 35.7. The zero-order valence-corrected chi connectivity index (χ0v) is 33.7. The summed E-state index contributed by atoms with van der Waals surface area (Å²) < 4.78 is 23.1. The van der Waals surface area contributed by atoms with Gasteiger partial charge in [-0.25, -0.2) is 5.26 Å². The Labute approximate surface area is 323 Å². The summed E-state index contributed by atoms with van der Waals surface area (Å²) in [4.78, 5) is 24.1. The fourth-order valence-electron chi connectivity index (χ4n) is 6.10. The molecule has 7 rings (SSSR count). The summed E-state index contributed by atoms with van der Waals surface area (Å²) in [6, 6.07) is 37.3. The molecule has 0 aliphatic heterocycles. The molecule has 7 aromatic rings. The summed E-state index contributed by atoms with van der Waals surface area (Å²) >= 11 is 0. The molecule has 0 aliphatic carbocycles. The molecule has 0 amide bonds. The molecule has 52 heavy (non-hydrogen) atoms. The van der Waals surface area contributed by atoms with Crippen molar-refractivity contribution in [3.05, 3.63) is 138 Å². The van der Waals surface area contributed by atoms with E-state index in [4.69, 9.17) is 12.4 Å². The van der Waals surface area contributed by atoms with Crippen molar-refractivity contribution in [2.45, 2.75) is 59.1 Å². The van der Waals surface area contributed by atoms with E-state index in [0.717, 1.165) is 61.0 Å². The molecule has 267 valence electrons. The molecule has 8 heteroatoms. The summed E-state index contributed by atoms with van der Waals surface area (Å²) in [6.45, 7) is 14.2. The second-order valence-corrected chi connectivity index (χ2v) is 18.9. The van der Waals surface area contributed by atoms with Crippen LogP contribution in [0.1, 0.15) is 63.7 Å². The molecule has 1 N–H and O–H groups in total. The van der Waals surface area contributed by atoms with Crippen molar-refractivity contribution in [3.8, 4) is 33.6 Å². The van der Waals surface area contributed by atoms with E-state index in [1.807, 2.05) is 88.5 Å². The van der Waals surface area contributed by atoms with Crippen molar-refractivity contribution < 1.29 is 42.2 Å². The van der Waals surface area contributed by atoms with Gasteiger partial charge in [-0.3, -0.25) is 4.79 Å². The van der Waals surface area contributed by atoms with Gasteiger partial charge in [0, 0.05) is 40.6 Å². The maximum absolute atomic E-state index is 11.3. The molecule has 4 aromatic carbocycles. The molecule has 0 saturated carbocycles. The average Bonchev–Trinajstić information content (AvgIpc) is 3.53. The van der Waals surface area contributed by atoms with Crippen LogP contribution in [0.5, 0.6) is 0 Å². The topological polar surface area (TPSA) is 85.5 Å². The Morgan fingerprint density at radius 2 is 1.65 bits per heavy atom. The van der Waals surface area contributed by atoms with E-state index in [1.54, 1.807) is 18.3 Å². The van der Waals surface area contributed by atoms with E-state index in [9.17, 15) is 4.79 Å². The summed E-state index contributed by atoms with van der Waals surface area (Å²) in [5.74, 6) is -2.25. The predicted molar refractivity (Wildman–Crippen MR) is 209 cm³/mol. The van der Waals surface area contributed by atoms with Crippen LogP contribution in [0.15, 0.2) is 114 Å². The summed E-state index contributed by atoms with van der Waals surface area (Å²) in [5, 5.41) is 11.7. The third-order valence-corrected chi connectivity index (χ3v) is 10.8. The molecule has 3 heterocycles. The number of benzene rings is 4. The number of hydrogen-bond acceptors (Lipinski definition) is 6. The summed E-state index contributed by atoms with van der Waals surface area (Å²) in [5.41, 5.74) is 9.04. The van der Waals surface area contributed by atoms with Gasteiger partial charge in [0.15, 0.2) is 0 Å². The van der Waals surface area contributed by atoms with Gasteiger partial charge in [-0.05, 0) is 57.2 Å². The molecule has 6 nitrogen and oxygen atoms in total. The van der Waals surface area contributed by atoms with Gasteiger partial charge in [-0.15, -0.1) is 48.0 Å². The minimum Gasteiger partial charge on any atom is -0.501 e. The predicted octanol–water partition coefficient (Wildman–Crippen LogP) is 11.1. The normalized spacial score (nSPS) is 12.3. The van der Waals surface area contributed by atoms with Crippen molar-refractivity contribution in [3.63, 3.8) is 0 Å². The first-order valence-corrected chi connectivity index (χ1v) is 20.3. The third kappa shape index (κ3) is 8.16. The zero-order chi connectivity index (χ0) is 38.1. The van der Waals surface area contributed by atoms with Gasteiger partial charge in [0.25, 0.3) is 0 Å². The van der Waals surface area contributed by atoms with Crippen molar-refractivity contribution in [2.24, 2.45) is 0 Å². The van der Waals surface area contributed by atoms with Crippen LogP contribution < -0.4 is 5.19 Å². The fraction of sp³-hybridized carbons (Fsp3) is 0.205. The first-order valence-electron chi connectivity index (χ1n) is 17.8. The number of nitrogens with zero attached hydrogens (tertiary/aromatic N) is 2. The largest absolute Gasteiger partial charge is 0.501 e. The number of furan rings is 1. The van der Waals surface area contributed by atoms with Crippen molar-refractivity contribution in [2.75, 3.05) is 0 Å². The standard InChI is InChI=1S/C26H20NO.C18H22NO3Si.Ir/c1-17(2)19-14-15-27-23(16-19)21-11-6-12-22-25-20(18-8-4-3-5-9-18)10-7-13-24(25)28-26(21)22;1-12(2)15-10-16(19-11-17(15)23(3,4)5)13-6-8-14(9-7-13)18(20)22-21;/h3-10,12-17H,1-2H3;6,8-12,21H,1-5H3;/q2*-1;/i17D;12D;. The van der Waals surface area contributed by atoms with Crippen LogP contribution in [-0.2, 0) is 25.0 Å². The molecule has 0 unspecified atom stereocenters. The Bertz CT molecular complexity index is 2410. The molecule has 0 bridgehead atoms. The van der Waals surface area contributed by atoms with Crippen LogP contribution in [0.4, 0.5) is 0 Å². The van der Waals surface area contributed by atoms with Gasteiger partial charge in [0.1, 0.15) is 5.58 Å². The second-order valence-electron chi connectivity index (χ2n) is 13.9. The van der Waals surface area contributed by atoms with Crippen LogP contribution in [0.2, 0.25) is 19.6 Å². The van der Waals surface area contributed by atoms with Crippen molar-refractivity contribution in [1.29, 1.82) is 0 Å². The minimum atomic E-state index is -1.62. The smallest absolute Gasteiger partial charge is 0.333 e. The fourth-order valence-corrected chi connectivity index (χ4v) is 7.68. The van der Waals surface area contributed by atoms with Crippen molar-refractivity contribution >= 4 is 41.2 Å². The van der Waals surface area contributed by atoms with Crippen molar-refractivity contribution in [1.82, 2.24) is 9.97 Å². The Kier molecular flexibility index (Phi) is 11.2. The Hall–Kier alpha value is -4.72. The second kappa shape index (κ2) is 16.3. The number of hydrogen-bond donors (Lipinski definition) is 1. The number of carbonyl (C=O) groups is 1. The van der Waals surface area contributed by atoms with E-state index in [0.29, 0.717) is 5.69 Å². The maximum atomic E-state index is 11.3. The Morgan fingerprint density at radius 3 is 2.31 bits per heavy atom. The van der Waals surface area contributed by atoms with Crippen LogP contribution in [0.3, 0.4) is 0 Å². The molecular weight excluding hydrogens is 841 g/mol. The van der Waals surface area contributed by atoms with Gasteiger partial charge >= 0.3 is 5.97 Å². The number of carbonyl (C=O) groups excluding carboxylic acids is 1. The number of rotatable bonds is 7. The molecule has 0 spiro atoms. The zero-order valence-electron chi connectivity index (χ0n) is 32.3. The molecule has 0 fully saturated rings. The quantitative estimate of drug-likeness (QED) is 0.0743. The summed E-state index contributed by atoms with van der Waals surface area (Å²) in [6.07, 6.45) is 3.63. The Balaban J connectivity index is 0.000000208. The summed E-state index contributed by atoms with van der Waals surface area (Å²) in [7, 11) is -1.62. The molecule has 3 aromatic heterocycles. The number of pyridine rings is 2. The van der Waals surface area contributed by atoms with Gasteiger partial charge in [0.2, 0.25) is 0 Å². The van der Waals surface area contributed by atoms with Gasteiger partial charge < -0.3 is 19.3 Å². The number of fused-ring (bicyclic) bond motifs is 3. The van der Waals surface area contributed by atoms with E-state index in [-0.39, 0.29) is 25.7 Å². The molecule has 0 aliphatic rings. The average molecular weight is 885 g/mol. The third-order valence-electron chi connectivity index (χ3n) is 8.79. The van der Waals surface area contributed by atoms with Crippen LogP contribution in [0.25, 0.3) is 55.6 Å². The van der Waals surface area contributed by atoms with Gasteiger partial charge in [-0.1, -0.05) is 124 Å². The SMILES string of the molecule is [2H]C(C)(C)c1cc(-c2[c-]cc(C(=O)OO)cc2)ncc1[Si](C)(C)C.[2H]C(C)(C)c1ccnc(-c2[c-]ccc3c2oc2cccc(-c4ccccc4)c23)c1.[Ir]. The molecule has 0 saturated heterocycles. The molecule has 1 radical (unpaired) electrons. The van der Waals surface area contributed by atoms with Gasteiger partial charge in [0.05, 0.1) is 13.7 Å². The van der Waals surface area contributed by atoms with E-state index in [2.05, 4.69) is 70.9 Å². The van der Waals surface area contributed by atoms with E-state index >= 15 is 0 Å². The van der Waals surface area contributed by atoms with E-state index < -0.39 is 25.8 Å². The van der Waals surface area contributed by atoms with Crippen LogP contribution >= 0.6 is 0 Å². The van der Waals surface area contributed by atoms with Gasteiger partial charge in [-0.2, -0.15) is 0 Å². The molecular formula is C44H42IrN2O4Si-2. The van der Waals surface area contributed by atoms with Crippen LogP contribution in [-0.4, -0.2) is 29.3 Å². The monoisotopic (exact) mass is 885 g/mol. The van der Waals surface area contributed by atoms with E-state index in [1.165, 1.54) is 11.3 Å². The maximum Gasteiger partial charge on any atom is 0.333 e. The minimum absolute atomic E-state index is 0. The number of aromatic nitrogens is 2. The Morgan fingerprint density at radius 1 is 0.885 bits per heavy atom. The van der Waals surface area contributed by atoms with Crippen LogP contribution in [0, 0.1) is 12.1 Å². The first-order chi connectivity index (χ1) is 25.1. The molecule has 0 atom stereocenters.